The van der Waals surface area contributed by atoms with Crippen LogP contribution in [0.1, 0.15) is 0 Å². The molecule has 3 N–H and O–H groups in total. The largest absolute Gasteiger partial charge is 0.466 e. The van der Waals surface area contributed by atoms with Gasteiger partial charge in [0.05, 0.1) is 0 Å². The van der Waals surface area contributed by atoms with Gasteiger partial charge in [0.25, 0.3) is 0 Å². The molecule has 0 aliphatic carbocycles. The monoisotopic (exact) mass is 416 g/mol. The quantitative estimate of drug-likeness (QED) is 0.466. The van der Waals surface area contributed by atoms with Gasteiger partial charge >= 0.3 is 7.82 Å². The second kappa shape index (κ2) is 10.1. The first kappa shape index (κ1) is 22.5. The Balaban J connectivity index is -0.0000000267. The average molecular weight is 416 g/mol. The van der Waals surface area contributed by atoms with Crippen LogP contribution in [0.5, 0.6) is 0 Å². The molecule has 4 nitrogen and oxygen atoms in total. The molecule has 0 saturated heterocycles. The van der Waals surface area contributed by atoms with Crippen molar-refractivity contribution in [2.75, 3.05) is 0 Å². The van der Waals surface area contributed by atoms with Crippen molar-refractivity contribution in [2.24, 2.45) is 0 Å². The Morgan fingerprint density at radius 3 is 1.00 bits per heavy atom. The van der Waals surface area contributed by atoms with Gasteiger partial charge < -0.3 is 14.7 Å². The van der Waals surface area contributed by atoms with E-state index in [0.717, 1.165) is 0 Å². The van der Waals surface area contributed by atoms with Crippen molar-refractivity contribution in [1.82, 2.24) is 0 Å². The molecule has 0 aromatic rings. The average Bonchev–Trinajstić information content (AvgIpc) is 0.722. The van der Waals surface area contributed by atoms with Gasteiger partial charge in [0.2, 0.25) is 0 Å². The Hall–Kier alpha value is 3.13. The molecule has 0 aliphatic rings. The predicted octanol–water partition coefficient (Wildman–Crippen LogP) is -0.507. The Kier molecular flexibility index (Phi) is 28.4. The van der Waals surface area contributed by atoms with E-state index >= 15 is 0 Å². The van der Waals surface area contributed by atoms with Crippen LogP contribution < -0.4 is 0 Å². The van der Waals surface area contributed by atoms with Crippen LogP contribution in [0, 0.1) is 82.6 Å². The van der Waals surface area contributed by atoms with Crippen LogP contribution in [0.2, 0.25) is 0 Å². The zero-order valence-electron chi connectivity index (χ0n) is 3.76. The molecule has 0 atom stereocenters. The molecular weight excluding hydrogens is 412 g/mol. The summed E-state index contributed by atoms with van der Waals surface area (Å²) in [6.07, 6.45) is 0. The second-order valence-electron chi connectivity index (χ2n) is 0.513. The molecule has 0 unspecified atom stereocenters. The Labute approximate surface area is 119 Å². The molecule has 0 rings (SSSR count). The van der Waals surface area contributed by atoms with E-state index in [1.807, 2.05) is 0 Å². The summed E-state index contributed by atoms with van der Waals surface area (Å²) in [5.41, 5.74) is 0. The summed E-state index contributed by atoms with van der Waals surface area (Å²) in [5, 5.41) is 0. The van der Waals surface area contributed by atoms with E-state index in [4.69, 9.17) is 19.2 Å². The number of phosphoric acid groups is 1. The van der Waals surface area contributed by atoms with Crippen LogP contribution in [0.3, 0.4) is 0 Å². The maximum absolute atomic E-state index is 8.88. The van der Waals surface area contributed by atoms with E-state index in [9.17, 15) is 0 Å². The van der Waals surface area contributed by atoms with Crippen molar-refractivity contribution in [3.05, 3.63) is 0 Å². The van der Waals surface area contributed by atoms with E-state index in [1.54, 1.807) is 0 Å². The third-order valence-electron chi connectivity index (χ3n) is 0. The topological polar surface area (TPSA) is 77.8 Å². The van der Waals surface area contributed by atoms with Crippen LogP contribution in [0.15, 0.2) is 0 Å². The molecule has 46 valence electrons. The standard InChI is InChI=1S/ClH.H3O4P.2Pr/c;1-5(2,3)4;;/h1H;(H3,1,2,3,4);;. The number of rotatable bonds is 0. The molecule has 8 heavy (non-hydrogen) atoms. The number of halogens is 1. The van der Waals surface area contributed by atoms with Gasteiger partial charge in [0.15, 0.2) is 0 Å². The van der Waals surface area contributed by atoms with Gasteiger partial charge in [-0.2, -0.15) is 0 Å². The first-order valence-corrected chi connectivity index (χ1v) is 2.35. The van der Waals surface area contributed by atoms with Crippen LogP contribution >= 0.6 is 20.2 Å². The Bertz CT molecular complexity index is 60.2. The first-order valence-electron chi connectivity index (χ1n) is 0.783. The first-order chi connectivity index (χ1) is 2.00. The normalized spacial score (nSPS) is 7.38. The zero-order valence-corrected chi connectivity index (χ0v) is 12.9. The molecule has 0 saturated carbocycles. The SMILES string of the molecule is Cl.O=P(O)(O)O.[Pr].[Pr]. The van der Waals surface area contributed by atoms with Crippen LogP contribution in [-0.4, -0.2) is 14.7 Å². The molecule has 0 fully saturated rings. The minimum absolute atomic E-state index is 0. The van der Waals surface area contributed by atoms with E-state index in [2.05, 4.69) is 0 Å². The van der Waals surface area contributed by atoms with Crippen molar-refractivity contribution in [1.29, 1.82) is 0 Å². The molecule has 0 amide bonds. The number of hydrogen-bond donors (Lipinski definition) is 3. The fourth-order valence-corrected chi connectivity index (χ4v) is 0. The minimum atomic E-state index is -4.64. The van der Waals surface area contributed by atoms with Gasteiger partial charge in [0.1, 0.15) is 0 Å². The van der Waals surface area contributed by atoms with E-state index < -0.39 is 7.82 Å². The minimum Gasteiger partial charge on any atom is -0.303 e. The van der Waals surface area contributed by atoms with E-state index in [1.165, 1.54) is 0 Å². The summed E-state index contributed by atoms with van der Waals surface area (Å²) in [6, 6.07) is 0. The van der Waals surface area contributed by atoms with Gasteiger partial charge in [-0.05, 0) is 0 Å². The molecule has 0 aliphatic heterocycles. The molecule has 0 spiro atoms. The molecule has 0 heterocycles. The summed E-state index contributed by atoms with van der Waals surface area (Å²) in [5.74, 6) is 0. The van der Waals surface area contributed by atoms with Crippen molar-refractivity contribution in [3.63, 3.8) is 0 Å². The van der Waals surface area contributed by atoms with Crippen molar-refractivity contribution in [2.45, 2.75) is 0 Å². The molecule has 2 radical (unpaired) electrons. The van der Waals surface area contributed by atoms with Crippen molar-refractivity contribution in [3.8, 4) is 0 Å². The summed E-state index contributed by atoms with van der Waals surface area (Å²) in [6.45, 7) is 0. The van der Waals surface area contributed by atoms with Crippen LogP contribution in [0.25, 0.3) is 0 Å². The van der Waals surface area contributed by atoms with Crippen LogP contribution in [-0.2, 0) is 4.57 Å². The van der Waals surface area contributed by atoms with Crippen LogP contribution in [0.4, 0.5) is 0 Å². The Morgan fingerprint density at radius 1 is 1.00 bits per heavy atom. The third-order valence-corrected chi connectivity index (χ3v) is 0. The summed E-state index contributed by atoms with van der Waals surface area (Å²) in [7, 11) is -4.64. The van der Waals surface area contributed by atoms with Gasteiger partial charge in [-0.3, -0.25) is 0 Å². The molecule has 0 aromatic heterocycles. The van der Waals surface area contributed by atoms with Gasteiger partial charge in [-0.15, -0.1) is 12.4 Å². The fourth-order valence-electron chi connectivity index (χ4n) is 0. The third kappa shape index (κ3) is 61.6. The van der Waals surface area contributed by atoms with Gasteiger partial charge in [0, 0.05) is 82.6 Å². The zero-order chi connectivity index (χ0) is 4.50. The van der Waals surface area contributed by atoms with Crippen molar-refractivity contribution >= 4 is 20.2 Å². The Morgan fingerprint density at radius 2 is 1.00 bits per heavy atom. The van der Waals surface area contributed by atoms with Gasteiger partial charge in [-0.25, -0.2) is 4.57 Å². The predicted molar refractivity (Wildman–Crippen MR) is 21.5 cm³/mol. The summed E-state index contributed by atoms with van der Waals surface area (Å²) >= 11 is 0. The number of hydrogen-bond acceptors (Lipinski definition) is 1. The molecule has 0 bridgehead atoms. The van der Waals surface area contributed by atoms with Crippen molar-refractivity contribution < 1.29 is 102 Å². The van der Waals surface area contributed by atoms with E-state index in [0.29, 0.717) is 0 Å². The fraction of sp³-hybridized carbons (Fsp3) is 0. The molecule has 8 heteroatoms. The summed E-state index contributed by atoms with van der Waals surface area (Å²) < 4.78 is 8.88. The van der Waals surface area contributed by atoms with E-state index in [-0.39, 0.29) is 95.0 Å². The molecular formula is H4ClO4PPr2. The smallest absolute Gasteiger partial charge is 0.303 e. The second-order valence-corrected chi connectivity index (χ2v) is 1.54. The molecule has 0 aromatic carbocycles. The maximum atomic E-state index is 8.88. The van der Waals surface area contributed by atoms with Gasteiger partial charge in [-0.1, -0.05) is 0 Å². The maximum Gasteiger partial charge on any atom is 0.466 e. The summed E-state index contributed by atoms with van der Waals surface area (Å²) in [4.78, 5) is 21.6.